The summed E-state index contributed by atoms with van der Waals surface area (Å²) in [7, 11) is 1.54. The number of ether oxygens (including phenoxy) is 1. The standard InChI is InChI=1S/C16H17N3O3/c1-22-14-6-2-4-12(10-14)16(21)18-9-7-15(20)19-13-5-3-8-17-11-13/h2-6,8,10-11H,7,9H2,1H3,(H,18,21)(H,19,20). The van der Waals surface area contributed by atoms with Gasteiger partial charge in [0, 0.05) is 24.7 Å². The molecule has 0 bridgehead atoms. The number of aromatic nitrogens is 1. The van der Waals surface area contributed by atoms with Crippen molar-refractivity contribution < 1.29 is 14.3 Å². The molecule has 0 spiro atoms. The molecule has 0 radical (unpaired) electrons. The van der Waals surface area contributed by atoms with E-state index < -0.39 is 0 Å². The molecule has 22 heavy (non-hydrogen) atoms. The van der Waals surface area contributed by atoms with Crippen LogP contribution in [0.2, 0.25) is 0 Å². The number of nitrogens with one attached hydrogen (secondary N) is 2. The molecule has 0 aliphatic rings. The van der Waals surface area contributed by atoms with Crippen molar-refractivity contribution in [3.05, 3.63) is 54.4 Å². The van der Waals surface area contributed by atoms with Crippen LogP contribution in [0.1, 0.15) is 16.8 Å². The van der Waals surface area contributed by atoms with E-state index in [0.717, 1.165) is 0 Å². The summed E-state index contributed by atoms with van der Waals surface area (Å²) in [5, 5.41) is 5.40. The summed E-state index contributed by atoms with van der Waals surface area (Å²) in [6.07, 6.45) is 3.38. The minimum Gasteiger partial charge on any atom is -0.497 e. The monoisotopic (exact) mass is 299 g/mol. The van der Waals surface area contributed by atoms with Crippen molar-refractivity contribution in [2.45, 2.75) is 6.42 Å². The first-order valence-electron chi connectivity index (χ1n) is 6.81. The summed E-state index contributed by atoms with van der Waals surface area (Å²) in [6, 6.07) is 10.3. The number of hydrogen-bond donors (Lipinski definition) is 2. The Morgan fingerprint density at radius 2 is 2.09 bits per heavy atom. The molecule has 2 amide bonds. The number of nitrogens with zero attached hydrogens (tertiary/aromatic N) is 1. The van der Waals surface area contributed by atoms with E-state index in [4.69, 9.17) is 4.74 Å². The molecule has 0 aliphatic carbocycles. The number of rotatable bonds is 6. The van der Waals surface area contributed by atoms with Gasteiger partial charge in [-0.3, -0.25) is 14.6 Å². The third-order valence-electron chi connectivity index (χ3n) is 2.91. The SMILES string of the molecule is COc1cccc(C(=O)NCCC(=O)Nc2cccnc2)c1. The first-order valence-corrected chi connectivity index (χ1v) is 6.81. The van der Waals surface area contributed by atoms with Crippen LogP contribution in [0, 0.1) is 0 Å². The van der Waals surface area contributed by atoms with Gasteiger partial charge < -0.3 is 15.4 Å². The largest absolute Gasteiger partial charge is 0.497 e. The summed E-state index contributed by atoms with van der Waals surface area (Å²) < 4.78 is 5.06. The summed E-state index contributed by atoms with van der Waals surface area (Å²) >= 11 is 0. The molecule has 2 aromatic rings. The van der Waals surface area contributed by atoms with Gasteiger partial charge in [0.25, 0.3) is 5.91 Å². The number of amides is 2. The molecule has 0 unspecified atom stereocenters. The van der Waals surface area contributed by atoms with Gasteiger partial charge in [-0.1, -0.05) is 6.07 Å². The van der Waals surface area contributed by atoms with Crippen LogP contribution in [-0.2, 0) is 4.79 Å². The molecular formula is C16H17N3O3. The molecule has 1 aromatic heterocycles. The highest BCUT2D eigenvalue weighted by Gasteiger charge is 2.07. The Hall–Kier alpha value is -2.89. The molecule has 6 nitrogen and oxygen atoms in total. The summed E-state index contributed by atoms with van der Waals surface area (Å²) in [5.41, 5.74) is 1.12. The molecule has 2 N–H and O–H groups in total. The van der Waals surface area contributed by atoms with Crippen LogP contribution >= 0.6 is 0 Å². The Kier molecular flexibility index (Phi) is 5.48. The van der Waals surface area contributed by atoms with Crippen molar-refractivity contribution >= 4 is 17.5 Å². The molecule has 0 saturated heterocycles. The van der Waals surface area contributed by atoms with Gasteiger partial charge in [-0.15, -0.1) is 0 Å². The zero-order valence-corrected chi connectivity index (χ0v) is 12.2. The molecular weight excluding hydrogens is 282 g/mol. The highest BCUT2D eigenvalue weighted by atomic mass is 16.5. The van der Waals surface area contributed by atoms with Crippen molar-refractivity contribution in [2.75, 3.05) is 19.0 Å². The van der Waals surface area contributed by atoms with E-state index in [9.17, 15) is 9.59 Å². The lowest BCUT2D eigenvalue weighted by molar-refractivity contribution is -0.116. The molecule has 114 valence electrons. The molecule has 2 rings (SSSR count). The smallest absolute Gasteiger partial charge is 0.251 e. The minimum absolute atomic E-state index is 0.182. The normalized spacial score (nSPS) is 9.86. The van der Waals surface area contributed by atoms with Gasteiger partial charge in [-0.2, -0.15) is 0 Å². The number of carbonyl (C=O) groups is 2. The fraction of sp³-hybridized carbons (Fsp3) is 0.188. The van der Waals surface area contributed by atoms with Crippen LogP contribution in [0.25, 0.3) is 0 Å². The second-order valence-electron chi connectivity index (χ2n) is 4.53. The maximum Gasteiger partial charge on any atom is 0.251 e. The number of benzene rings is 1. The van der Waals surface area contributed by atoms with Crippen LogP contribution in [0.4, 0.5) is 5.69 Å². The number of pyridine rings is 1. The first-order chi connectivity index (χ1) is 10.7. The quantitative estimate of drug-likeness (QED) is 0.853. The molecule has 0 saturated carbocycles. The zero-order chi connectivity index (χ0) is 15.8. The van der Waals surface area contributed by atoms with Crippen LogP contribution in [0.15, 0.2) is 48.8 Å². The predicted molar refractivity (Wildman–Crippen MR) is 82.8 cm³/mol. The van der Waals surface area contributed by atoms with Crippen LogP contribution in [0.3, 0.4) is 0 Å². The van der Waals surface area contributed by atoms with Crippen molar-refractivity contribution in [1.82, 2.24) is 10.3 Å². The fourth-order valence-corrected chi connectivity index (χ4v) is 1.82. The fourth-order valence-electron chi connectivity index (χ4n) is 1.82. The van der Waals surface area contributed by atoms with E-state index >= 15 is 0 Å². The van der Waals surface area contributed by atoms with E-state index in [1.165, 1.54) is 0 Å². The third kappa shape index (κ3) is 4.59. The molecule has 0 atom stereocenters. The van der Waals surface area contributed by atoms with Crippen LogP contribution in [0.5, 0.6) is 5.75 Å². The highest BCUT2D eigenvalue weighted by Crippen LogP contribution is 2.12. The summed E-state index contributed by atoms with van der Waals surface area (Å²) in [5.74, 6) is 0.189. The first kappa shape index (κ1) is 15.5. The minimum atomic E-state index is -0.243. The van der Waals surface area contributed by atoms with Crippen molar-refractivity contribution in [2.24, 2.45) is 0 Å². The number of anilines is 1. The lowest BCUT2D eigenvalue weighted by Crippen LogP contribution is -2.27. The second kappa shape index (κ2) is 7.78. The predicted octanol–water partition coefficient (Wildman–Crippen LogP) is 1.85. The van der Waals surface area contributed by atoms with E-state index in [1.54, 1.807) is 55.9 Å². The number of hydrogen-bond acceptors (Lipinski definition) is 4. The average molecular weight is 299 g/mol. The van der Waals surface area contributed by atoms with Gasteiger partial charge in [0.15, 0.2) is 0 Å². The van der Waals surface area contributed by atoms with Gasteiger partial charge in [0.05, 0.1) is 19.0 Å². The van der Waals surface area contributed by atoms with Gasteiger partial charge in [0.1, 0.15) is 5.75 Å². The van der Waals surface area contributed by atoms with Gasteiger partial charge >= 0.3 is 0 Å². The number of carbonyl (C=O) groups excluding carboxylic acids is 2. The van der Waals surface area contributed by atoms with Gasteiger partial charge in [0.2, 0.25) is 5.91 Å². The molecule has 1 aromatic carbocycles. The average Bonchev–Trinajstić information content (AvgIpc) is 2.55. The number of methoxy groups -OCH3 is 1. The second-order valence-corrected chi connectivity index (χ2v) is 4.53. The third-order valence-corrected chi connectivity index (χ3v) is 2.91. The Bertz CT molecular complexity index is 644. The van der Waals surface area contributed by atoms with E-state index in [1.807, 2.05) is 0 Å². The van der Waals surface area contributed by atoms with Crippen molar-refractivity contribution in [3.63, 3.8) is 0 Å². The lowest BCUT2D eigenvalue weighted by atomic mass is 10.2. The Balaban J connectivity index is 1.78. The molecule has 1 heterocycles. The van der Waals surface area contributed by atoms with Crippen LogP contribution < -0.4 is 15.4 Å². The Morgan fingerprint density at radius 1 is 1.23 bits per heavy atom. The van der Waals surface area contributed by atoms with Crippen molar-refractivity contribution in [3.8, 4) is 5.75 Å². The Labute approximate surface area is 128 Å². The lowest BCUT2D eigenvalue weighted by Gasteiger charge is -2.07. The zero-order valence-electron chi connectivity index (χ0n) is 12.2. The van der Waals surface area contributed by atoms with E-state index in [-0.39, 0.29) is 24.8 Å². The summed E-state index contributed by atoms with van der Waals surface area (Å²) in [4.78, 5) is 27.6. The molecule has 6 heteroatoms. The highest BCUT2D eigenvalue weighted by molar-refractivity contribution is 5.95. The Morgan fingerprint density at radius 3 is 2.82 bits per heavy atom. The summed E-state index contributed by atoms with van der Waals surface area (Å²) in [6.45, 7) is 0.252. The van der Waals surface area contributed by atoms with E-state index in [2.05, 4.69) is 15.6 Å². The van der Waals surface area contributed by atoms with Gasteiger partial charge in [-0.05, 0) is 30.3 Å². The molecule has 0 aliphatic heterocycles. The maximum atomic E-state index is 11.9. The van der Waals surface area contributed by atoms with E-state index in [0.29, 0.717) is 17.0 Å². The van der Waals surface area contributed by atoms with Gasteiger partial charge in [-0.25, -0.2) is 0 Å². The van der Waals surface area contributed by atoms with Crippen LogP contribution in [-0.4, -0.2) is 30.5 Å². The van der Waals surface area contributed by atoms with Crippen molar-refractivity contribution in [1.29, 1.82) is 0 Å². The molecule has 0 fully saturated rings. The topological polar surface area (TPSA) is 80.3 Å². The maximum absolute atomic E-state index is 11.9.